The van der Waals surface area contributed by atoms with Crippen LogP contribution in [0.1, 0.15) is 39.4 Å². The van der Waals surface area contributed by atoms with E-state index in [1.54, 1.807) is 7.11 Å². The topological polar surface area (TPSA) is 93.4 Å². The largest absolute Gasteiger partial charge is 0.497 e. The molecule has 0 aliphatic rings. The van der Waals surface area contributed by atoms with Gasteiger partial charge in [0.25, 0.3) is 0 Å². The second-order valence-corrected chi connectivity index (χ2v) is 7.68. The summed E-state index contributed by atoms with van der Waals surface area (Å²) in [6.07, 6.45) is 1.81. The van der Waals surface area contributed by atoms with Crippen LogP contribution in [0, 0.1) is 18.8 Å². The van der Waals surface area contributed by atoms with Crippen LogP contribution < -0.4 is 15.4 Å². The van der Waals surface area contributed by atoms with E-state index in [0.29, 0.717) is 23.9 Å². The SMILES string of the molecule is COc1ccc2c(c1)nc(NCCCCNC(=O)C(C)C(C)C)c1nnc(C)n12. The molecule has 0 radical (unpaired) electrons. The number of nitrogens with one attached hydrogen (secondary N) is 2. The van der Waals surface area contributed by atoms with Crippen LogP contribution in [0.5, 0.6) is 5.75 Å². The van der Waals surface area contributed by atoms with E-state index in [4.69, 9.17) is 9.72 Å². The van der Waals surface area contributed by atoms with Gasteiger partial charge < -0.3 is 15.4 Å². The molecule has 0 spiro atoms. The molecule has 8 heteroatoms. The van der Waals surface area contributed by atoms with Crippen molar-refractivity contribution in [2.24, 2.45) is 11.8 Å². The van der Waals surface area contributed by atoms with Gasteiger partial charge in [-0.25, -0.2) is 4.98 Å². The highest BCUT2D eigenvalue weighted by Crippen LogP contribution is 2.25. The summed E-state index contributed by atoms with van der Waals surface area (Å²) in [4.78, 5) is 16.7. The van der Waals surface area contributed by atoms with Crippen LogP contribution in [-0.2, 0) is 4.79 Å². The van der Waals surface area contributed by atoms with Crippen LogP contribution in [0.15, 0.2) is 18.2 Å². The molecular weight excluding hydrogens is 368 g/mol. The lowest BCUT2D eigenvalue weighted by Gasteiger charge is -2.15. The third-order valence-corrected chi connectivity index (χ3v) is 5.30. The van der Waals surface area contributed by atoms with Crippen molar-refractivity contribution in [1.82, 2.24) is 24.9 Å². The number of unbranched alkanes of at least 4 members (excludes halogenated alkanes) is 1. The molecule has 29 heavy (non-hydrogen) atoms. The summed E-state index contributed by atoms with van der Waals surface area (Å²) < 4.78 is 7.32. The van der Waals surface area contributed by atoms with Crippen molar-refractivity contribution in [3.05, 3.63) is 24.0 Å². The molecule has 1 aromatic carbocycles. The number of hydrogen-bond donors (Lipinski definition) is 2. The van der Waals surface area contributed by atoms with Crippen molar-refractivity contribution >= 4 is 28.4 Å². The average Bonchev–Trinajstić information content (AvgIpc) is 3.11. The summed E-state index contributed by atoms with van der Waals surface area (Å²) in [5.74, 6) is 2.78. The van der Waals surface area contributed by atoms with Crippen LogP contribution in [0.3, 0.4) is 0 Å². The summed E-state index contributed by atoms with van der Waals surface area (Å²) in [7, 11) is 1.64. The van der Waals surface area contributed by atoms with E-state index in [1.165, 1.54) is 0 Å². The Bertz CT molecular complexity index is 998. The van der Waals surface area contributed by atoms with Crippen LogP contribution in [0.25, 0.3) is 16.7 Å². The molecule has 0 fully saturated rings. The van der Waals surface area contributed by atoms with Gasteiger partial charge in [0, 0.05) is 25.1 Å². The molecule has 2 N–H and O–H groups in total. The van der Waals surface area contributed by atoms with E-state index < -0.39 is 0 Å². The Labute approximate surface area is 171 Å². The van der Waals surface area contributed by atoms with E-state index in [9.17, 15) is 4.79 Å². The van der Waals surface area contributed by atoms with Crippen molar-refractivity contribution in [3.8, 4) is 5.75 Å². The first kappa shape index (κ1) is 20.8. The van der Waals surface area contributed by atoms with E-state index in [2.05, 4.69) is 34.7 Å². The smallest absolute Gasteiger partial charge is 0.223 e. The zero-order chi connectivity index (χ0) is 21.0. The minimum Gasteiger partial charge on any atom is -0.497 e. The lowest BCUT2D eigenvalue weighted by molar-refractivity contribution is -0.125. The first-order chi connectivity index (χ1) is 13.9. The number of benzene rings is 1. The van der Waals surface area contributed by atoms with Gasteiger partial charge in [0.2, 0.25) is 11.6 Å². The average molecular weight is 399 g/mol. The van der Waals surface area contributed by atoms with E-state index in [0.717, 1.165) is 42.0 Å². The number of aryl methyl sites for hydroxylation is 1. The number of amides is 1. The van der Waals surface area contributed by atoms with Crippen molar-refractivity contribution in [3.63, 3.8) is 0 Å². The Balaban J connectivity index is 1.63. The molecule has 1 atom stereocenters. The number of aromatic nitrogens is 4. The molecule has 2 heterocycles. The standard InChI is InChI=1S/C21H30N6O2/c1-13(2)14(3)21(28)23-11-7-6-10-22-19-20-26-25-15(4)27(20)18-9-8-16(29-5)12-17(18)24-19/h8-9,12-14H,6-7,10-11H2,1-5H3,(H,22,24)(H,23,28). The molecule has 1 amide bonds. The van der Waals surface area contributed by atoms with Gasteiger partial charge in [-0.05, 0) is 37.8 Å². The number of ether oxygens (including phenoxy) is 1. The summed E-state index contributed by atoms with van der Waals surface area (Å²) in [6.45, 7) is 9.43. The Morgan fingerprint density at radius 1 is 1.17 bits per heavy atom. The minimum absolute atomic E-state index is 0.0383. The fourth-order valence-electron chi connectivity index (χ4n) is 3.13. The molecule has 0 saturated carbocycles. The van der Waals surface area contributed by atoms with E-state index in [-0.39, 0.29) is 11.8 Å². The molecule has 3 rings (SSSR count). The van der Waals surface area contributed by atoms with Gasteiger partial charge in [-0.3, -0.25) is 9.20 Å². The van der Waals surface area contributed by atoms with Gasteiger partial charge in [-0.15, -0.1) is 10.2 Å². The zero-order valence-corrected chi connectivity index (χ0v) is 17.8. The van der Waals surface area contributed by atoms with Gasteiger partial charge in [0.15, 0.2) is 5.82 Å². The molecule has 156 valence electrons. The highest BCUT2D eigenvalue weighted by Gasteiger charge is 2.16. The maximum Gasteiger partial charge on any atom is 0.223 e. The minimum atomic E-state index is 0.0383. The fraction of sp³-hybridized carbons (Fsp3) is 0.524. The number of anilines is 1. The van der Waals surface area contributed by atoms with Crippen LogP contribution in [0.2, 0.25) is 0 Å². The van der Waals surface area contributed by atoms with Gasteiger partial charge in [0.05, 0.1) is 18.1 Å². The van der Waals surface area contributed by atoms with Gasteiger partial charge in [0.1, 0.15) is 11.6 Å². The Morgan fingerprint density at radius 3 is 2.66 bits per heavy atom. The molecule has 3 aromatic rings. The number of methoxy groups -OCH3 is 1. The second-order valence-electron chi connectivity index (χ2n) is 7.68. The van der Waals surface area contributed by atoms with E-state index in [1.807, 2.05) is 36.4 Å². The summed E-state index contributed by atoms with van der Waals surface area (Å²) in [6, 6.07) is 5.78. The van der Waals surface area contributed by atoms with Crippen molar-refractivity contribution < 1.29 is 9.53 Å². The maximum atomic E-state index is 12.0. The molecule has 0 bridgehead atoms. The summed E-state index contributed by atoms with van der Waals surface area (Å²) in [5, 5.41) is 14.9. The second kappa shape index (κ2) is 9.07. The summed E-state index contributed by atoms with van der Waals surface area (Å²) in [5.41, 5.74) is 2.47. The number of carbonyl (C=O) groups is 1. The third-order valence-electron chi connectivity index (χ3n) is 5.30. The Kier molecular flexibility index (Phi) is 6.51. The molecular formula is C21H30N6O2. The molecule has 0 aliphatic carbocycles. The molecule has 2 aromatic heterocycles. The Morgan fingerprint density at radius 2 is 1.93 bits per heavy atom. The number of hydrogen-bond acceptors (Lipinski definition) is 6. The molecule has 0 aliphatic heterocycles. The lowest BCUT2D eigenvalue weighted by Crippen LogP contribution is -2.32. The van der Waals surface area contributed by atoms with E-state index >= 15 is 0 Å². The lowest BCUT2D eigenvalue weighted by atomic mass is 9.97. The monoisotopic (exact) mass is 398 g/mol. The number of fused-ring (bicyclic) bond motifs is 3. The molecule has 1 unspecified atom stereocenters. The van der Waals surface area contributed by atoms with Gasteiger partial charge in [-0.2, -0.15) is 0 Å². The number of nitrogens with zero attached hydrogens (tertiary/aromatic N) is 4. The predicted octanol–water partition coefficient (Wildman–Crippen LogP) is 3.19. The highest BCUT2D eigenvalue weighted by molar-refractivity contribution is 5.84. The summed E-state index contributed by atoms with van der Waals surface area (Å²) >= 11 is 0. The first-order valence-corrected chi connectivity index (χ1v) is 10.1. The first-order valence-electron chi connectivity index (χ1n) is 10.1. The molecule has 8 nitrogen and oxygen atoms in total. The maximum absolute atomic E-state index is 12.0. The van der Waals surface area contributed by atoms with Crippen molar-refractivity contribution in [1.29, 1.82) is 0 Å². The van der Waals surface area contributed by atoms with Crippen molar-refractivity contribution in [2.75, 3.05) is 25.5 Å². The van der Waals surface area contributed by atoms with Gasteiger partial charge >= 0.3 is 0 Å². The predicted molar refractivity (Wildman–Crippen MR) is 114 cm³/mol. The highest BCUT2D eigenvalue weighted by atomic mass is 16.5. The van der Waals surface area contributed by atoms with Crippen molar-refractivity contribution in [2.45, 2.75) is 40.5 Å². The van der Waals surface area contributed by atoms with Gasteiger partial charge in [-0.1, -0.05) is 20.8 Å². The molecule has 0 saturated heterocycles. The Hall–Kier alpha value is -2.90. The van der Waals surface area contributed by atoms with Crippen LogP contribution in [0.4, 0.5) is 5.82 Å². The zero-order valence-electron chi connectivity index (χ0n) is 17.8. The normalized spacial score (nSPS) is 12.5. The van der Waals surface area contributed by atoms with Crippen LogP contribution >= 0.6 is 0 Å². The quantitative estimate of drug-likeness (QED) is 0.538. The van der Waals surface area contributed by atoms with Crippen LogP contribution in [-0.4, -0.2) is 45.7 Å². The fourth-order valence-corrected chi connectivity index (χ4v) is 3.13. The number of rotatable bonds is 9. The number of carbonyl (C=O) groups excluding carboxylic acids is 1. The third kappa shape index (κ3) is 4.58.